The molecule has 0 saturated carbocycles. The molecule has 0 aliphatic heterocycles. The van der Waals surface area contributed by atoms with Crippen LogP contribution >= 0.6 is 0 Å². The summed E-state index contributed by atoms with van der Waals surface area (Å²) in [5.41, 5.74) is 4.47. The van der Waals surface area contributed by atoms with Crippen LogP contribution in [0.25, 0.3) is 0 Å². The molecule has 2 aromatic carbocycles. The fraction of sp³-hybridized carbons (Fsp3) is 0.409. The van der Waals surface area contributed by atoms with Crippen molar-refractivity contribution in [3.8, 4) is 0 Å². The Hall–Kier alpha value is -1.89. The molecule has 122 valence electrons. The van der Waals surface area contributed by atoms with Crippen molar-refractivity contribution in [2.75, 3.05) is 0 Å². The summed E-state index contributed by atoms with van der Waals surface area (Å²) in [6.45, 7) is 10.8. The molecule has 1 atom stereocenters. The Morgan fingerprint density at radius 1 is 0.826 bits per heavy atom. The van der Waals surface area contributed by atoms with Gasteiger partial charge in [0.1, 0.15) is 0 Å². The highest BCUT2D eigenvalue weighted by atomic mass is 16.1. The fourth-order valence-electron chi connectivity index (χ4n) is 2.94. The maximum atomic E-state index is 13.1. The third-order valence-corrected chi connectivity index (χ3v) is 4.52. The summed E-state index contributed by atoms with van der Waals surface area (Å²) in [6, 6.07) is 16.6. The first kappa shape index (κ1) is 17.5. The van der Waals surface area contributed by atoms with E-state index in [2.05, 4.69) is 65.0 Å². The second-order valence-electron chi connectivity index (χ2n) is 6.93. The molecule has 0 fully saturated rings. The Labute approximate surface area is 140 Å². The molecule has 23 heavy (non-hydrogen) atoms. The van der Waals surface area contributed by atoms with Gasteiger partial charge in [0.2, 0.25) is 0 Å². The first-order valence-electron chi connectivity index (χ1n) is 8.68. The molecular formula is C22H28O. The van der Waals surface area contributed by atoms with Gasteiger partial charge in [-0.1, -0.05) is 71.0 Å². The van der Waals surface area contributed by atoms with Gasteiger partial charge in [-0.25, -0.2) is 0 Å². The number of carbonyl (C=O) groups excluding carboxylic acids is 1. The largest absolute Gasteiger partial charge is 0.293 e. The van der Waals surface area contributed by atoms with Gasteiger partial charge in [0.25, 0.3) is 0 Å². The maximum absolute atomic E-state index is 13.1. The van der Waals surface area contributed by atoms with E-state index in [1.807, 2.05) is 18.2 Å². The molecule has 0 heterocycles. The van der Waals surface area contributed by atoms with Crippen molar-refractivity contribution in [1.29, 1.82) is 0 Å². The van der Waals surface area contributed by atoms with Gasteiger partial charge in [-0.2, -0.15) is 0 Å². The molecule has 0 N–H and O–H groups in total. The van der Waals surface area contributed by atoms with Gasteiger partial charge in [-0.3, -0.25) is 4.79 Å². The minimum atomic E-state index is -0.0568. The molecule has 0 aromatic heterocycles. The predicted octanol–water partition coefficient (Wildman–Crippen LogP) is 6.31. The standard InChI is InChI=1S/C22H28O/c1-6-21(17-10-8-7-9-11-17)22(23)20-13-18(15(2)3)12-19(14-20)16(4)5/h7-16,21H,6H2,1-5H3. The third kappa shape index (κ3) is 4.10. The highest BCUT2D eigenvalue weighted by molar-refractivity contribution is 6.01. The molecule has 0 aliphatic rings. The zero-order chi connectivity index (χ0) is 17.0. The molecule has 0 saturated heterocycles. The average Bonchev–Trinajstić information content (AvgIpc) is 2.55. The van der Waals surface area contributed by atoms with Crippen molar-refractivity contribution in [3.63, 3.8) is 0 Å². The minimum absolute atomic E-state index is 0.0568. The van der Waals surface area contributed by atoms with Gasteiger partial charge in [0, 0.05) is 11.5 Å². The number of hydrogen-bond acceptors (Lipinski definition) is 1. The lowest BCUT2D eigenvalue weighted by Crippen LogP contribution is -2.13. The van der Waals surface area contributed by atoms with E-state index in [-0.39, 0.29) is 11.7 Å². The van der Waals surface area contributed by atoms with Crippen molar-refractivity contribution in [2.45, 2.75) is 58.8 Å². The van der Waals surface area contributed by atoms with E-state index in [1.165, 1.54) is 11.1 Å². The monoisotopic (exact) mass is 308 g/mol. The molecule has 0 amide bonds. The van der Waals surface area contributed by atoms with Crippen molar-refractivity contribution < 1.29 is 4.79 Å². The van der Waals surface area contributed by atoms with Crippen molar-refractivity contribution >= 4 is 5.78 Å². The molecule has 0 radical (unpaired) electrons. The smallest absolute Gasteiger partial charge is 0.170 e. The van der Waals surface area contributed by atoms with E-state index >= 15 is 0 Å². The van der Waals surface area contributed by atoms with Crippen LogP contribution in [-0.4, -0.2) is 5.78 Å². The zero-order valence-electron chi connectivity index (χ0n) is 15.0. The minimum Gasteiger partial charge on any atom is -0.293 e. The molecule has 2 rings (SSSR count). The van der Waals surface area contributed by atoms with E-state index in [0.717, 1.165) is 17.5 Å². The number of Topliss-reactive ketones (excluding diaryl/α,β-unsaturated/α-hetero) is 1. The van der Waals surface area contributed by atoms with E-state index in [1.54, 1.807) is 0 Å². The summed E-state index contributed by atoms with van der Waals surface area (Å²) in [7, 11) is 0. The highest BCUT2D eigenvalue weighted by Gasteiger charge is 2.21. The normalized spacial score (nSPS) is 12.7. The van der Waals surface area contributed by atoms with Crippen LogP contribution in [0.4, 0.5) is 0 Å². The first-order valence-corrected chi connectivity index (χ1v) is 8.68. The molecule has 0 aliphatic carbocycles. The van der Waals surface area contributed by atoms with Crippen LogP contribution in [0.15, 0.2) is 48.5 Å². The van der Waals surface area contributed by atoms with Gasteiger partial charge in [-0.05, 0) is 47.1 Å². The lowest BCUT2D eigenvalue weighted by Gasteiger charge is -2.18. The summed E-state index contributed by atoms with van der Waals surface area (Å²) in [4.78, 5) is 13.1. The number of carbonyl (C=O) groups is 1. The van der Waals surface area contributed by atoms with E-state index in [0.29, 0.717) is 11.8 Å². The van der Waals surface area contributed by atoms with Gasteiger partial charge in [-0.15, -0.1) is 0 Å². The Morgan fingerprint density at radius 2 is 1.35 bits per heavy atom. The Bertz CT molecular complexity index is 627. The summed E-state index contributed by atoms with van der Waals surface area (Å²) in [6.07, 6.45) is 0.825. The van der Waals surface area contributed by atoms with Crippen molar-refractivity contribution in [2.24, 2.45) is 0 Å². The van der Waals surface area contributed by atoms with Crippen molar-refractivity contribution in [1.82, 2.24) is 0 Å². The van der Waals surface area contributed by atoms with Gasteiger partial charge in [0.15, 0.2) is 5.78 Å². The number of hydrogen-bond donors (Lipinski definition) is 0. The van der Waals surface area contributed by atoms with Crippen LogP contribution in [0.2, 0.25) is 0 Å². The van der Waals surface area contributed by atoms with Crippen LogP contribution < -0.4 is 0 Å². The lowest BCUT2D eigenvalue weighted by molar-refractivity contribution is 0.0957. The summed E-state index contributed by atoms with van der Waals surface area (Å²) in [5, 5.41) is 0. The van der Waals surface area contributed by atoms with E-state index < -0.39 is 0 Å². The SMILES string of the molecule is CCC(C(=O)c1cc(C(C)C)cc(C(C)C)c1)c1ccccc1. The average molecular weight is 308 g/mol. The summed E-state index contributed by atoms with van der Waals surface area (Å²) < 4.78 is 0. The Morgan fingerprint density at radius 3 is 1.78 bits per heavy atom. The third-order valence-electron chi connectivity index (χ3n) is 4.52. The second-order valence-corrected chi connectivity index (χ2v) is 6.93. The predicted molar refractivity (Wildman–Crippen MR) is 98.4 cm³/mol. The topological polar surface area (TPSA) is 17.1 Å². The van der Waals surface area contributed by atoms with Gasteiger partial charge in [0.05, 0.1) is 0 Å². The van der Waals surface area contributed by atoms with Crippen molar-refractivity contribution in [3.05, 3.63) is 70.8 Å². The molecule has 0 spiro atoms. The van der Waals surface area contributed by atoms with E-state index in [9.17, 15) is 4.79 Å². The van der Waals surface area contributed by atoms with Crippen LogP contribution in [0.1, 0.15) is 85.8 Å². The molecule has 1 unspecified atom stereocenters. The van der Waals surface area contributed by atoms with Crippen LogP contribution in [0, 0.1) is 0 Å². The number of benzene rings is 2. The first-order chi connectivity index (χ1) is 10.9. The molecule has 0 bridgehead atoms. The number of rotatable bonds is 6. The maximum Gasteiger partial charge on any atom is 0.170 e. The summed E-state index contributed by atoms with van der Waals surface area (Å²) in [5.74, 6) is 1.04. The van der Waals surface area contributed by atoms with Gasteiger partial charge >= 0.3 is 0 Å². The quantitative estimate of drug-likeness (QED) is 0.571. The molecule has 1 heteroatoms. The summed E-state index contributed by atoms with van der Waals surface area (Å²) >= 11 is 0. The lowest BCUT2D eigenvalue weighted by atomic mass is 9.85. The van der Waals surface area contributed by atoms with Gasteiger partial charge < -0.3 is 0 Å². The van der Waals surface area contributed by atoms with Crippen LogP contribution in [0.5, 0.6) is 0 Å². The second kappa shape index (κ2) is 7.59. The molecular weight excluding hydrogens is 280 g/mol. The highest BCUT2D eigenvalue weighted by Crippen LogP contribution is 2.28. The Balaban J connectivity index is 2.45. The van der Waals surface area contributed by atoms with Crippen LogP contribution in [-0.2, 0) is 0 Å². The zero-order valence-corrected chi connectivity index (χ0v) is 15.0. The fourth-order valence-corrected chi connectivity index (χ4v) is 2.94. The molecule has 2 aromatic rings. The van der Waals surface area contributed by atoms with E-state index in [4.69, 9.17) is 0 Å². The van der Waals surface area contributed by atoms with Crippen LogP contribution in [0.3, 0.4) is 0 Å². The number of ketones is 1. The Kier molecular flexibility index (Phi) is 5.76. The molecule has 1 nitrogen and oxygen atoms in total.